The average molecular weight is 396 g/mol. The minimum Gasteiger partial charge on any atom is -0.492 e. The van der Waals surface area contributed by atoms with Gasteiger partial charge in [-0.05, 0) is 50.2 Å². The first-order valence-corrected chi connectivity index (χ1v) is 10.1. The summed E-state index contributed by atoms with van der Waals surface area (Å²) in [5, 5.41) is 0.0163. The van der Waals surface area contributed by atoms with Crippen molar-refractivity contribution in [2.75, 3.05) is 20.2 Å². The number of amides is 1. The van der Waals surface area contributed by atoms with Gasteiger partial charge in [0.05, 0.1) is 22.3 Å². The van der Waals surface area contributed by atoms with E-state index in [0.29, 0.717) is 17.3 Å². The normalized spacial score (nSPS) is 11.4. The van der Waals surface area contributed by atoms with Crippen LogP contribution >= 0.6 is 11.6 Å². The van der Waals surface area contributed by atoms with E-state index in [9.17, 15) is 13.2 Å². The predicted molar refractivity (Wildman–Crippen MR) is 103 cm³/mol. The van der Waals surface area contributed by atoms with E-state index < -0.39 is 15.1 Å². The predicted octanol–water partition coefficient (Wildman–Crippen LogP) is 3.67. The molecule has 0 heterocycles. The number of rotatable bonds is 7. The van der Waals surface area contributed by atoms with Gasteiger partial charge >= 0.3 is 0 Å². The van der Waals surface area contributed by atoms with E-state index in [0.717, 1.165) is 0 Å². The molecule has 1 amide bonds. The van der Waals surface area contributed by atoms with E-state index >= 15 is 0 Å². The Balaban J connectivity index is 2.08. The summed E-state index contributed by atoms with van der Waals surface area (Å²) in [6.07, 6.45) is 0. The number of carbonyl (C=O) groups excluding carboxylic acids is 1. The number of likely N-dealkylation sites (N-methyl/N-ethyl adjacent to an activating group) is 1. The van der Waals surface area contributed by atoms with Gasteiger partial charge in [-0.2, -0.15) is 0 Å². The second kappa shape index (κ2) is 8.56. The lowest BCUT2D eigenvalue weighted by Crippen LogP contribution is -2.32. The third-order valence-electron chi connectivity index (χ3n) is 3.90. The minimum atomic E-state index is -3.54. The van der Waals surface area contributed by atoms with Gasteiger partial charge < -0.3 is 9.64 Å². The van der Waals surface area contributed by atoms with Gasteiger partial charge in [-0.25, -0.2) is 8.42 Å². The molecule has 0 saturated heterocycles. The Labute approximate surface area is 159 Å². The maximum Gasteiger partial charge on any atom is 0.255 e. The molecule has 0 unspecified atom stereocenters. The van der Waals surface area contributed by atoms with E-state index in [4.69, 9.17) is 16.3 Å². The second-order valence-electron chi connectivity index (χ2n) is 6.12. The van der Waals surface area contributed by atoms with Gasteiger partial charge in [0.2, 0.25) is 0 Å². The highest BCUT2D eigenvalue weighted by molar-refractivity contribution is 7.92. The molecule has 0 fully saturated rings. The van der Waals surface area contributed by atoms with Crippen LogP contribution < -0.4 is 4.74 Å². The Bertz CT molecular complexity index is 863. The van der Waals surface area contributed by atoms with Crippen LogP contribution in [-0.4, -0.2) is 44.7 Å². The van der Waals surface area contributed by atoms with E-state index in [-0.39, 0.29) is 23.0 Å². The standard InChI is InChI=1S/C19H22ClNO4S/c1-14(2)26(23,24)18-7-5-4-6-17(18)19(22)21(3)12-13-25-16-10-8-15(20)9-11-16/h4-11,14H,12-13H2,1-3H3. The zero-order chi connectivity index (χ0) is 19.3. The number of hydrogen-bond donors (Lipinski definition) is 0. The molecule has 0 aromatic heterocycles. The van der Waals surface area contributed by atoms with Crippen molar-refractivity contribution in [2.45, 2.75) is 24.0 Å². The Hall–Kier alpha value is -2.05. The van der Waals surface area contributed by atoms with Crippen LogP contribution in [0.5, 0.6) is 5.75 Å². The summed E-state index contributed by atoms with van der Waals surface area (Å²) >= 11 is 5.82. The molecule has 0 N–H and O–H groups in total. The molecule has 0 aliphatic heterocycles. The molecule has 2 rings (SSSR count). The molecule has 0 saturated carbocycles. The van der Waals surface area contributed by atoms with E-state index in [2.05, 4.69) is 0 Å². The van der Waals surface area contributed by atoms with E-state index in [1.54, 1.807) is 57.3 Å². The number of benzene rings is 2. The quantitative estimate of drug-likeness (QED) is 0.717. The lowest BCUT2D eigenvalue weighted by molar-refractivity contribution is 0.0770. The summed E-state index contributed by atoms with van der Waals surface area (Å²) < 4.78 is 30.6. The molecular weight excluding hydrogens is 374 g/mol. The fraction of sp³-hybridized carbons (Fsp3) is 0.316. The highest BCUT2D eigenvalue weighted by atomic mass is 35.5. The van der Waals surface area contributed by atoms with Gasteiger partial charge in [0.1, 0.15) is 12.4 Å². The molecule has 0 aliphatic carbocycles. The van der Waals surface area contributed by atoms with Crippen LogP contribution in [0.4, 0.5) is 0 Å². The molecule has 0 aliphatic rings. The summed E-state index contributed by atoms with van der Waals surface area (Å²) in [5.74, 6) is 0.294. The Morgan fingerprint density at radius 3 is 2.35 bits per heavy atom. The third-order valence-corrected chi connectivity index (χ3v) is 6.36. The van der Waals surface area contributed by atoms with Crippen molar-refractivity contribution in [3.05, 3.63) is 59.1 Å². The first kappa shape index (κ1) is 20.3. The molecule has 26 heavy (non-hydrogen) atoms. The van der Waals surface area contributed by atoms with Crippen LogP contribution in [0.3, 0.4) is 0 Å². The lowest BCUT2D eigenvalue weighted by Gasteiger charge is -2.20. The molecule has 0 radical (unpaired) electrons. The Morgan fingerprint density at radius 2 is 1.73 bits per heavy atom. The van der Waals surface area contributed by atoms with Crippen molar-refractivity contribution < 1.29 is 17.9 Å². The van der Waals surface area contributed by atoms with Crippen molar-refractivity contribution in [3.63, 3.8) is 0 Å². The van der Waals surface area contributed by atoms with Crippen molar-refractivity contribution >= 4 is 27.3 Å². The Morgan fingerprint density at radius 1 is 1.12 bits per heavy atom. The number of sulfone groups is 1. The number of hydrogen-bond acceptors (Lipinski definition) is 4. The van der Waals surface area contributed by atoms with Gasteiger partial charge in [0.15, 0.2) is 9.84 Å². The lowest BCUT2D eigenvalue weighted by atomic mass is 10.2. The van der Waals surface area contributed by atoms with Gasteiger partial charge in [-0.1, -0.05) is 23.7 Å². The van der Waals surface area contributed by atoms with E-state index in [1.165, 1.54) is 17.0 Å². The zero-order valence-electron chi connectivity index (χ0n) is 15.0. The first-order valence-electron chi connectivity index (χ1n) is 8.20. The molecule has 5 nitrogen and oxygen atoms in total. The SMILES string of the molecule is CC(C)S(=O)(=O)c1ccccc1C(=O)N(C)CCOc1ccc(Cl)cc1. The number of nitrogens with zero attached hydrogens (tertiary/aromatic N) is 1. The number of carbonyl (C=O) groups is 1. The second-order valence-corrected chi connectivity index (χ2v) is 9.03. The van der Waals surface area contributed by atoms with Crippen molar-refractivity contribution in [1.29, 1.82) is 0 Å². The summed E-state index contributed by atoms with van der Waals surface area (Å²) in [7, 11) is -1.93. The average Bonchev–Trinajstić information content (AvgIpc) is 2.62. The molecule has 2 aromatic rings. The fourth-order valence-corrected chi connectivity index (χ4v) is 3.65. The van der Waals surface area contributed by atoms with Crippen LogP contribution in [0, 0.1) is 0 Å². The summed E-state index contributed by atoms with van der Waals surface area (Å²) in [6.45, 7) is 3.79. The number of ether oxygens (including phenoxy) is 1. The molecule has 2 aromatic carbocycles. The van der Waals surface area contributed by atoms with Crippen LogP contribution in [0.15, 0.2) is 53.4 Å². The van der Waals surface area contributed by atoms with Crippen molar-refractivity contribution in [2.24, 2.45) is 0 Å². The monoisotopic (exact) mass is 395 g/mol. The highest BCUT2D eigenvalue weighted by Crippen LogP contribution is 2.22. The van der Waals surface area contributed by atoms with Gasteiger partial charge in [-0.3, -0.25) is 4.79 Å². The minimum absolute atomic E-state index is 0.0606. The maximum atomic E-state index is 12.7. The van der Waals surface area contributed by atoms with E-state index in [1.807, 2.05) is 0 Å². The summed E-state index contributed by atoms with van der Waals surface area (Å²) in [5.41, 5.74) is 0.176. The zero-order valence-corrected chi connectivity index (χ0v) is 16.5. The van der Waals surface area contributed by atoms with Crippen LogP contribution in [-0.2, 0) is 9.84 Å². The Kier molecular flexibility index (Phi) is 6.67. The maximum absolute atomic E-state index is 12.7. The molecule has 0 spiro atoms. The molecule has 140 valence electrons. The van der Waals surface area contributed by atoms with Gasteiger partial charge in [0.25, 0.3) is 5.91 Å². The van der Waals surface area contributed by atoms with Crippen LogP contribution in [0.2, 0.25) is 5.02 Å². The summed E-state index contributed by atoms with van der Waals surface area (Å²) in [6, 6.07) is 13.2. The van der Waals surface area contributed by atoms with Crippen LogP contribution in [0.1, 0.15) is 24.2 Å². The molecular formula is C19H22ClNO4S. The number of halogens is 1. The first-order chi connectivity index (χ1) is 12.2. The van der Waals surface area contributed by atoms with Gasteiger partial charge in [-0.15, -0.1) is 0 Å². The third kappa shape index (κ3) is 4.77. The van der Waals surface area contributed by atoms with Gasteiger partial charge in [0, 0.05) is 12.1 Å². The molecule has 0 bridgehead atoms. The van der Waals surface area contributed by atoms with Crippen LogP contribution in [0.25, 0.3) is 0 Å². The van der Waals surface area contributed by atoms with Crippen molar-refractivity contribution in [1.82, 2.24) is 4.90 Å². The largest absolute Gasteiger partial charge is 0.492 e. The summed E-state index contributed by atoms with van der Waals surface area (Å²) in [4.78, 5) is 14.2. The molecule has 0 atom stereocenters. The highest BCUT2D eigenvalue weighted by Gasteiger charge is 2.26. The topological polar surface area (TPSA) is 63.7 Å². The van der Waals surface area contributed by atoms with Crippen molar-refractivity contribution in [3.8, 4) is 5.75 Å². The fourth-order valence-electron chi connectivity index (χ4n) is 2.28. The smallest absolute Gasteiger partial charge is 0.255 e. The molecule has 7 heteroatoms.